The van der Waals surface area contributed by atoms with E-state index in [1.165, 1.54) is 29.7 Å². The Morgan fingerprint density at radius 1 is 1.29 bits per heavy atom. The third kappa shape index (κ3) is 4.72. The SMILES string of the molecule is Cc1ccc(N[C@H]2CCCN(CC(C)(C)CO)C2)cc1C. The summed E-state index contributed by atoms with van der Waals surface area (Å²) < 4.78 is 0. The summed E-state index contributed by atoms with van der Waals surface area (Å²) >= 11 is 0. The molecule has 1 aliphatic rings. The summed E-state index contributed by atoms with van der Waals surface area (Å²) in [4.78, 5) is 2.48. The molecule has 2 rings (SSSR count). The van der Waals surface area contributed by atoms with Crippen LogP contribution in [0.3, 0.4) is 0 Å². The van der Waals surface area contributed by atoms with Gasteiger partial charge in [-0.2, -0.15) is 0 Å². The van der Waals surface area contributed by atoms with E-state index in [4.69, 9.17) is 0 Å². The Kier molecular flexibility index (Phi) is 5.28. The van der Waals surface area contributed by atoms with E-state index < -0.39 is 0 Å². The summed E-state index contributed by atoms with van der Waals surface area (Å²) in [5.41, 5.74) is 3.90. The molecule has 118 valence electrons. The number of hydrogen-bond acceptors (Lipinski definition) is 3. The molecule has 0 bridgehead atoms. The lowest BCUT2D eigenvalue weighted by molar-refractivity contribution is 0.0894. The van der Waals surface area contributed by atoms with Crippen LogP contribution in [-0.4, -0.2) is 42.3 Å². The predicted molar refractivity (Wildman–Crippen MR) is 89.9 cm³/mol. The average Bonchev–Trinajstić information content (AvgIpc) is 2.43. The fourth-order valence-corrected chi connectivity index (χ4v) is 3.04. The third-order valence-electron chi connectivity index (χ3n) is 4.46. The van der Waals surface area contributed by atoms with Gasteiger partial charge >= 0.3 is 0 Å². The van der Waals surface area contributed by atoms with Crippen LogP contribution in [-0.2, 0) is 0 Å². The van der Waals surface area contributed by atoms with Crippen LogP contribution in [0.1, 0.15) is 37.8 Å². The van der Waals surface area contributed by atoms with E-state index in [-0.39, 0.29) is 12.0 Å². The maximum atomic E-state index is 9.44. The number of hydrogen-bond donors (Lipinski definition) is 2. The Hall–Kier alpha value is -1.06. The van der Waals surface area contributed by atoms with Crippen molar-refractivity contribution in [2.45, 2.75) is 46.6 Å². The van der Waals surface area contributed by atoms with E-state index in [0.29, 0.717) is 6.04 Å². The Morgan fingerprint density at radius 2 is 2.05 bits per heavy atom. The zero-order valence-corrected chi connectivity index (χ0v) is 13.9. The third-order valence-corrected chi connectivity index (χ3v) is 4.46. The second-order valence-corrected chi connectivity index (χ2v) is 7.34. The first kappa shape index (κ1) is 16.3. The molecule has 1 saturated heterocycles. The highest BCUT2D eigenvalue weighted by molar-refractivity contribution is 5.48. The van der Waals surface area contributed by atoms with Gasteiger partial charge in [-0.25, -0.2) is 0 Å². The molecule has 1 aliphatic heterocycles. The lowest BCUT2D eigenvalue weighted by Crippen LogP contribution is -2.46. The van der Waals surface area contributed by atoms with Gasteiger partial charge in [0.25, 0.3) is 0 Å². The summed E-state index contributed by atoms with van der Waals surface area (Å²) in [6.45, 7) is 12.0. The van der Waals surface area contributed by atoms with Crippen LogP contribution >= 0.6 is 0 Å². The number of nitrogens with zero attached hydrogens (tertiary/aromatic N) is 1. The smallest absolute Gasteiger partial charge is 0.0494 e. The molecule has 0 radical (unpaired) electrons. The van der Waals surface area contributed by atoms with Gasteiger partial charge in [0, 0.05) is 36.8 Å². The molecule has 3 nitrogen and oxygen atoms in total. The van der Waals surface area contributed by atoms with E-state index in [2.05, 4.69) is 56.1 Å². The zero-order valence-electron chi connectivity index (χ0n) is 13.9. The fraction of sp³-hybridized carbons (Fsp3) is 0.667. The lowest BCUT2D eigenvalue weighted by Gasteiger charge is -2.38. The Morgan fingerprint density at radius 3 is 2.71 bits per heavy atom. The molecule has 2 N–H and O–H groups in total. The van der Waals surface area contributed by atoms with Gasteiger partial charge in [-0.15, -0.1) is 0 Å². The van der Waals surface area contributed by atoms with Gasteiger partial charge in [0.15, 0.2) is 0 Å². The maximum absolute atomic E-state index is 9.44. The fourth-order valence-electron chi connectivity index (χ4n) is 3.04. The number of aliphatic hydroxyl groups excluding tert-OH is 1. The summed E-state index contributed by atoms with van der Waals surface area (Å²) in [5, 5.41) is 13.1. The number of rotatable bonds is 5. The standard InChI is InChI=1S/C18H30N2O/c1-14-7-8-16(10-15(14)2)19-17-6-5-9-20(11-17)12-18(3,4)13-21/h7-8,10,17,19,21H,5-6,9,11-13H2,1-4H3/t17-/m0/s1. The minimum absolute atomic E-state index is 0.0116. The molecule has 0 aliphatic carbocycles. The minimum Gasteiger partial charge on any atom is -0.396 e. The van der Waals surface area contributed by atoms with Gasteiger partial charge < -0.3 is 15.3 Å². The molecule has 0 unspecified atom stereocenters. The van der Waals surface area contributed by atoms with Crippen molar-refractivity contribution in [3.05, 3.63) is 29.3 Å². The highest BCUT2D eigenvalue weighted by atomic mass is 16.3. The first-order chi connectivity index (χ1) is 9.89. The maximum Gasteiger partial charge on any atom is 0.0494 e. The van der Waals surface area contributed by atoms with Crippen molar-refractivity contribution in [2.75, 3.05) is 31.6 Å². The topological polar surface area (TPSA) is 35.5 Å². The van der Waals surface area contributed by atoms with Crippen LogP contribution in [0.4, 0.5) is 5.69 Å². The van der Waals surface area contributed by atoms with Gasteiger partial charge in [0.1, 0.15) is 0 Å². The monoisotopic (exact) mass is 290 g/mol. The molecular formula is C18H30N2O. The first-order valence-corrected chi connectivity index (χ1v) is 8.07. The highest BCUT2D eigenvalue weighted by Gasteiger charge is 2.25. The molecule has 21 heavy (non-hydrogen) atoms. The minimum atomic E-state index is -0.0116. The first-order valence-electron chi connectivity index (χ1n) is 8.07. The van der Waals surface area contributed by atoms with Crippen LogP contribution in [0.5, 0.6) is 0 Å². The van der Waals surface area contributed by atoms with Gasteiger partial charge in [0.2, 0.25) is 0 Å². The van der Waals surface area contributed by atoms with E-state index in [9.17, 15) is 5.11 Å². The largest absolute Gasteiger partial charge is 0.396 e. The van der Waals surface area contributed by atoms with Crippen molar-refractivity contribution in [2.24, 2.45) is 5.41 Å². The quantitative estimate of drug-likeness (QED) is 0.874. The molecule has 0 aromatic heterocycles. The van der Waals surface area contributed by atoms with Crippen molar-refractivity contribution in [1.29, 1.82) is 0 Å². The molecular weight excluding hydrogens is 260 g/mol. The Labute approximate surface area is 129 Å². The van der Waals surface area contributed by atoms with Gasteiger partial charge in [-0.1, -0.05) is 19.9 Å². The molecule has 0 saturated carbocycles. The van der Waals surface area contributed by atoms with E-state index in [1.807, 2.05) is 0 Å². The molecule has 1 aromatic rings. The normalized spacial score (nSPS) is 20.5. The van der Waals surface area contributed by atoms with Crippen molar-refractivity contribution < 1.29 is 5.11 Å². The van der Waals surface area contributed by atoms with Crippen LogP contribution in [0.2, 0.25) is 0 Å². The predicted octanol–water partition coefficient (Wildman–Crippen LogP) is 3.20. The summed E-state index contributed by atoms with van der Waals surface area (Å²) in [6, 6.07) is 7.12. The molecule has 1 atom stereocenters. The number of benzene rings is 1. The molecule has 1 aromatic carbocycles. The number of likely N-dealkylation sites (tertiary alicyclic amines) is 1. The van der Waals surface area contributed by atoms with Crippen LogP contribution in [0, 0.1) is 19.3 Å². The molecule has 1 heterocycles. The van der Waals surface area contributed by atoms with Crippen molar-refractivity contribution in [3.63, 3.8) is 0 Å². The Balaban J connectivity index is 1.93. The molecule has 0 spiro atoms. The van der Waals surface area contributed by atoms with Crippen molar-refractivity contribution in [3.8, 4) is 0 Å². The number of piperidine rings is 1. The van der Waals surface area contributed by atoms with Gasteiger partial charge in [-0.3, -0.25) is 0 Å². The number of aliphatic hydroxyl groups is 1. The Bertz CT molecular complexity index is 470. The second kappa shape index (κ2) is 6.80. The van der Waals surface area contributed by atoms with Gasteiger partial charge in [0.05, 0.1) is 0 Å². The van der Waals surface area contributed by atoms with Crippen molar-refractivity contribution >= 4 is 5.69 Å². The summed E-state index contributed by atoms with van der Waals surface area (Å²) in [6.07, 6.45) is 2.45. The number of nitrogens with one attached hydrogen (secondary N) is 1. The van der Waals surface area contributed by atoms with E-state index >= 15 is 0 Å². The summed E-state index contributed by atoms with van der Waals surface area (Å²) in [7, 11) is 0. The highest BCUT2D eigenvalue weighted by Crippen LogP contribution is 2.22. The number of anilines is 1. The molecule has 3 heteroatoms. The lowest BCUT2D eigenvalue weighted by atomic mass is 9.92. The van der Waals surface area contributed by atoms with Crippen LogP contribution in [0.15, 0.2) is 18.2 Å². The molecule has 1 fully saturated rings. The summed E-state index contributed by atoms with van der Waals surface area (Å²) in [5.74, 6) is 0. The van der Waals surface area contributed by atoms with Crippen LogP contribution in [0.25, 0.3) is 0 Å². The second-order valence-electron chi connectivity index (χ2n) is 7.34. The van der Waals surface area contributed by atoms with Crippen LogP contribution < -0.4 is 5.32 Å². The van der Waals surface area contributed by atoms with Gasteiger partial charge in [-0.05, 0) is 56.5 Å². The van der Waals surface area contributed by atoms with E-state index in [1.54, 1.807) is 0 Å². The number of aryl methyl sites for hydroxylation is 2. The average molecular weight is 290 g/mol. The van der Waals surface area contributed by atoms with Crippen molar-refractivity contribution in [1.82, 2.24) is 4.90 Å². The van der Waals surface area contributed by atoms with E-state index in [0.717, 1.165) is 19.6 Å². The zero-order chi connectivity index (χ0) is 15.5. The molecule has 0 amide bonds.